The molecule has 2 aromatic carbocycles. The molecule has 0 radical (unpaired) electrons. The van der Waals surface area contributed by atoms with Crippen LogP contribution >= 0.6 is 15.9 Å². The molecule has 210 valence electrons. The normalized spacial score (nSPS) is 13.9. The SMILES string of the molecule is COc1cc(C=Nn2c(C3CCCCC3)nc3ccc(Br)cc3c2=O)cc([N+](=O)[O-])c1Oc1ccc([N+](=O)[O-])cn1. The van der Waals surface area contributed by atoms with Crippen molar-refractivity contribution in [1.82, 2.24) is 14.6 Å². The van der Waals surface area contributed by atoms with E-state index < -0.39 is 15.5 Å². The third-order valence-corrected chi connectivity index (χ3v) is 7.23. The molecule has 1 aliphatic carbocycles. The molecule has 0 amide bonds. The van der Waals surface area contributed by atoms with Crippen LogP contribution in [0.15, 0.2) is 63.0 Å². The Labute approximate surface area is 240 Å². The van der Waals surface area contributed by atoms with Gasteiger partial charge in [-0.25, -0.2) is 9.97 Å². The summed E-state index contributed by atoms with van der Waals surface area (Å²) in [7, 11) is 1.31. The van der Waals surface area contributed by atoms with Gasteiger partial charge in [0.1, 0.15) is 12.0 Å². The van der Waals surface area contributed by atoms with Gasteiger partial charge in [-0.05, 0) is 37.1 Å². The van der Waals surface area contributed by atoms with Gasteiger partial charge < -0.3 is 9.47 Å². The van der Waals surface area contributed by atoms with E-state index in [2.05, 4.69) is 26.0 Å². The predicted molar refractivity (Wildman–Crippen MR) is 153 cm³/mol. The highest BCUT2D eigenvalue weighted by atomic mass is 79.9. The number of hydrogen-bond donors (Lipinski definition) is 0. The van der Waals surface area contributed by atoms with Gasteiger partial charge in [-0.3, -0.25) is 25.0 Å². The van der Waals surface area contributed by atoms with Crippen molar-refractivity contribution in [3.05, 3.63) is 95.1 Å². The zero-order valence-electron chi connectivity index (χ0n) is 21.7. The first kappa shape index (κ1) is 27.8. The minimum atomic E-state index is -0.657. The van der Waals surface area contributed by atoms with E-state index in [1.54, 1.807) is 12.1 Å². The van der Waals surface area contributed by atoms with E-state index in [0.29, 0.717) is 16.7 Å². The number of methoxy groups -OCH3 is 1. The minimum absolute atomic E-state index is 0.00113. The molecule has 0 bridgehead atoms. The molecule has 0 aliphatic heterocycles. The molecule has 0 saturated heterocycles. The summed E-state index contributed by atoms with van der Waals surface area (Å²) < 4.78 is 13.0. The second-order valence-corrected chi connectivity index (χ2v) is 10.3. The first-order chi connectivity index (χ1) is 19.7. The minimum Gasteiger partial charge on any atom is -0.493 e. The lowest BCUT2D eigenvalue weighted by molar-refractivity contribution is -0.385. The van der Waals surface area contributed by atoms with Gasteiger partial charge in [0.15, 0.2) is 5.75 Å². The largest absolute Gasteiger partial charge is 0.493 e. The van der Waals surface area contributed by atoms with Gasteiger partial charge in [0.05, 0.1) is 34.1 Å². The van der Waals surface area contributed by atoms with E-state index in [1.165, 1.54) is 42.3 Å². The number of nitro benzene ring substituents is 1. The van der Waals surface area contributed by atoms with Crippen LogP contribution in [0.1, 0.15) is 49.4 Å². The Bertz CT molecular complexity index is 1730. The highest BCUT2D eigenvalue weighted by molar-refractivity contribution is 9.10. The monoisotopic (exact) mass is 622 g/mol. The second kappa shape index (κ2) is 11.8. The number of ether oxygens (including phenoxy) is 2. The smallest absolute Gasteiger partial charge is 0.316 e. The molecule has 1 fully saturated rings. The van der Waals surface area contributed by atoms with Crippen molar-refractivity contribution in [2.24, 2.45) is 5.10 Å². The Kier molecular flexibility index (Phi) is 8.01. The van der Waals surface area contributed by atoms with Gasteiger partial charge in [0.2, 0.25) is 11.6 Å². The molecule has 2 aromatic heterocycles. The summed E-state index contributed by atoms with van der Waals surface area (Å²) in [5.74, 6) is 0.256. The highest BCUT2D eigenvalue weighted by Crippen LogP contribution is 2.40. The molecule has 41 heavy (non-hydrogen) atoms. The second-order valence-electron chi connectivity index (χ2n) is 9.37. The molecule has 5 rings (SSSR count). The lowest BCUT2D eigenvalue weighted by Gasteiger charge is -2.22. The number of aromatic nitrogens is 3. The number of pyridine rings is 1. The van der Waals surface area contributed by atoms with E-state index in [1.807, 2.05) is 6.07 Å². The van der Waals surface area contributed by atoms with Crippen molar-refractivity contribution >= 4 is 44.4 Å². The van der Waals surface area contributed by atoms with Crippen LogP contribution in [-0.4, -0.2) is 37.8 Å². The van der Waals surface area contributed by atoms with E-state index in [4.69, 9.17) is 14.5 Å². The first-order valence-electron chi connectivity index (χ1n) is 12.7. The topological polar surface area (TPSA) is 165 Å². The van der Waals surface area contributed by atoms with Crippen LogP contribution in [0.5, 0.6) is 17.4 Å². The maximum atomic E-state index is 13.6. The average Bonchev–Trinajstić information content (AvgIpc) is 2.97. The molecule has 0 atom stereocenters. The summed E-state index contributed by atoms with van der Waals surface area (Å²) >= 11 is 3.40. The molecule has 1 aliphatic rings. The van der Waals surface area contributed by atoms with Gasteiger partial charge in [-0.2, -0.15) is 9.78 Å². The van der Waals surface area contributed by atoms with Gasteiger partial charge in [0.25, 0.3) is 11.2 Å². The Balaban J connectivity index is 1.57. The summed E-state index contributed by atoms with van der Waals surface area (Å²) in [4.78, 5) is 43.8. The van der Waals surface area contributed by atoms with Crippen molar-refractivity contribution in [2.75, 3.05) is 7.11 Å². The molecular weight excluding hydrogens is 600 g/mol. The molecular formula is C27H23BrN6O7. The molecule has 14 heteroatoms. The molecule has 0 unspecified atom stereocenters. The van der Waals surface area contributed by atoms with Crippen LogP contribution in [0, 0.1) is 20.2 Å². The van der Waals surface area contributed by atoms with Crippen LogP contribution in [0.3, 0.4) is 0 Å². The zero-order chi connectivity index (χ0) is 29.1. The molecule has 0 spiro atoms. The fourth-order valence-corrected chi connectivity index (χ4v) is 5.11. The van der Waals surface area contributed by atoms with Crippen LogP contribution in [0.25, 0.3) is 10.9 Å². The summed E-state index contributed by atoms with van der Waals surface area (Å²) in [6.07, 6.45) is 7.25. The van der Waals surface area contributed by atoms with Crippen molar-refractivity contribution < 1.29 is 19.3 Å². The summed E-state index contributed by atoms with van der Waals surface area (Å²) in [6, 6.07) is 10.4. The summed E-state index contributed by atoms with van der Waals surface area (Å²) in [5.41, 5.74) is -0.216. The first-order valence-corrected chi connectivity index (χ1v) is 13.5. The lowest BCUT2D eigenvalue weighted by Crippen LogP contribution is -2.25. The van der Waals surface area contributed by atoms with Crippen molar-refractivity contribution in [1.29, 1.82) is 0 Å². The van der Waals surface area contributed by atoms with Gasteiger partial charge in [0, 0.05) is 34.2 Å². The number of fused-ring (bicyclic) bond motifs is 1. The van der Waals surface area contributed by atoms with Crippen LogP contribution in [0.4, 0.5) is 11.4 Å². The highest BCUT2D eigenvalue weighted by Gasteiger charge is 2.25. The number of rotatable bonds is 8. The van der Waals surface area contributed by atoms with Gasteiger partial charge >= 0.3 is 5.69 Å². The fourth-order valence-electron chi connectivity index (χ4n) is 4.74. The standard InChI is InChI=1S/C27H23BrN6O7/c1-40-23-12-16(11-22(34(38)39)25(23)41-24-10-8-19(15-29-24)33(36)37)14-30-32-26(17-5-3-2-4-6-17)31-21-9-7-18(28)13-20(21)27(32)35/h7-15,17H,2-6H2,1H3. The number of benzene rings is 2. The Morgan fingerprint density at radius 1 is 1.07 bits per heavy atom. The zero-order valence-corrected chi connectivity index (χ0v) is 23.3. The van der Waals surface area contributed by atoms with Gasteiger partial charge in [-0.15, -0.1) is 0 Å². The average molecular weight is 623 g/mol. The Morgan fingerprint density at radius 2 is 1.85 bits per heavy atom. The van der Waals surface area contributed by atoms with E-state index in [0.717, 1.165) is 42.8 Å². The van der Waals surface area contributed by atoms with Gasteiger partial charge in [-0.1, -0.05) is 35.2 Å². The quantitative estimate of drug-likeness (QED) is 0.128. The number of nitrogens with zero attached hydrogens (tertiary/aromatic N) is 6. The van der Waals surface area contributed by atoms with E-state index in [-0.39, 0.29) is 40.1 Å². The van der Waals surface area contributed by atoms with E-state index >= 15 is 0 Å². The molecule has 1 saturated carbocycles. The van der Waals surface area contributed by atoms with Crippen molar-refractivity contribution in [3.8, 4) is 17.4 Å². The Hall–Kier alpha value is -4.72. The number of hydrogen-bond acceptors (Lipinski definition) is 10. The van der Waals surface area contributed by atoms with E-state index in [9.17, 15) is 25.0 Å². The lowest BCUT2D eigenvalue weighted by atomic mass is 9.88. The maximum Gasteiger partial charge on any atom is 0.316 e. The summed E-state index contributed by atoms with van der Waals surface area (Å²) in [5, 5.41) is 27.7. The third kappa shape index (κ3) is 5.91. The third-order valence-electron chi connectivity index (χ3n) is 6.74. The van der Waals surface area contributed by atoms with Crippen LogP contribution in [-0.2, 0) is 0 Å². The number of halogens is 1. The Morgan fingerprint density at radius 3 is 2.51 bits per heavy atom. The van der Waals surface area contributed by atoms with Crippen molar-refractivity contribution in [3.63, 3.8) is 0 Å². The molecule has 13 nitrogen and oxygen atoms in total. The molecule has 2 heterocycles. The fraction of sp³-hybridized carbons (Fsp3) is 0.259. The van der Waals surface area contributed by atoms with Crippen molar-refractivity contribution in [2.45, 2.75) is 38.0 Å². The molecule has 0 N–H and O–H groups in total. The van der Waals surface area contributed by atoms with Crippen LogP contribution < -0.4 is 15.0 Å². The maximum absolute atomic E-state index is 13.6. The van der Waals surface area contributed by atoms with Crippen LogP contribution in [0.2, 0.25) is 0 Å². The number of nitro groups is 2. The molecule has 4 aromatic rings. The summed E-state index contributed by atoms with van der Waals surface area (Å²) in [6.45, 7) is 0. The predicted octanol–water partition coefficient (Wildman–Crippen LogP) is 6.10.